The van der Waals surface area contributed by atoms with Gasteiger partial charge in [0.25, 0.3) is 5.91 Å². The number of fused-ring (bicyclic) bond motifs is 2. The number of rotatable bonds is 4. The molecule has 26 heavy (non-hydrogen) atoms. The van der Waals surface area contributed by atoms with E-state index in [-0.39, 0.29) is 12.5 Å². The van der Waals surface area contributed by atoms with E-state index in [2.05, 4.69) is 10.3 Å². The molecule has 0 aliphatic heterocycles. The number of aromatic nitrogens is 1. The highest BCUT2D eigenvalue weighted by atomic mass is 16.5. The Bertz CT molecular complexity index is 1110. The SMILES string of the molecule is O=C(COC(=O)c1c[nH]c2ccccc12)Nc1ccc2ccccc2c1. The van der Waals surface area contributed by atoms with Crippen molar-refractivity contribution in [3.05, 3.63) is 78.5 Å². The van der Waals surface area contributed by atoms with Crippen molar-refractivity contribution in [3.8, 4) is 0 Å². The topological polar surface area (TPSA) is 71.2 Å². The minimum absolute atomic E-state index is 0.342. The zero-order valence-electron chi connectivity index (χ0n) is 13.9. The van der Waals surface area contributed by atoms with E-state index in [1.165, 1.54) is 0 Å². The van der Waals surface area contributed by atoms with Crippen molar-refractivity contribution in [3.63, 3.8) is 0 Å². The number of benzene rings is 3. The number of ether oxygens (including phenoxy) is 1. The van der Waals surface area contributed by atoms with E-state index in [1.807, 2.05) is 66.7 Å². The molecule has 5 nitrogen and oxygen atoms in total. The molecule has 0 aliphatic carbocycles. The van der Waals surface area contributed by atoms with Crippen LogP contribution < -0.4 is 5.32 Å². The van der Waals surface area contributed by atoms with E-state index >= 15 is 0 Å². The lowest BCUT2D eigenvalue weighted by molar-refractivity contribution is -0.119. The van der Waals surface area contributed by atoms with Gasteiger partial charge in [-0.3, -0.25) is 4.79 Å². The summed E-state index contributed by atoms with van der Waals surface area (Å²) in [5, 5.41) is 5.64. The first-order chi connectivity index (χ1) is 12.7. The summed E-state index contributed by atoms with van der Waals surface area (Å²) in [4.78, 5) is 27.3. The van der Waals surface area contributed by atoms with Gasteiger partial charge in [-0.05, 0) is 29.0 Å². The number of hydrogen-bond acceptors (Lipinski definition) is 3. The second-order valence-electron chi connectivity index (χ2n) is 5.93. The standard InChI is InChI=1S/C21H16N2O3/c24-20(23-16-10-9-14-5-1-2-6-15(14)11-16)13-26-21(25)18-12-22-19-8-4-3-7-17(18)19/h1-12,22H,13H2,(H,23,24). The summed E-state index contributed by atoms with van der Waals surface area (Å²) in [6.45, 7) is -0.342. The van der Waals surface area contributed by atoms with Crippen molar-refractivity contribution in [2.75, 3.05) is 11.9 Å². The minimum atomic E-state index is -0.531. The van der Waals surface area contributed by atoms with Crippen molar-refractivity contribution >= 4 is 39.2 Å². The Morgan fingerprint density at radius 3 is 2.58 bits per heavy atom. The zero-order chi connectivity index (χ0) is 17.9. The predicted octanol–water partition coefficient (Wildman–Crippen LogP) is 4.12. The Balaban J connectivity index is 1.40. The maximum atomic E-state index is 12.2. The number of para-hydroxylation sites is 1. The largest absolute Gasteiger partial charge is 0.452 e. The number of nitrogens with one attached hydrogen (secondary N) is 2. The van der Waals surface area contributed by atoms with E-state index in [0.717, 1.165) is 21.7 Å². The number of carbonyl (C=O) groups excluding carboxylic acids is 2. The molecule has 0 aliphatic rings. The lowest BCUT2D eigenvalue weighted by Crippen LogP contribution is -2.20. The molecule has 1 amide bonds. The lowest BCUT2D eigenvalue weighted by Gasteiger charge is -2.07. The van der Waals surface area contributed by atoms with Crippen molar-refractivity contribution in [2.45, 2.75) is 0 Å². The third kappa shape index (κ3) is 3.15. The van der Waals surface area contributed by atoms with Crippen LogP contribution in [0, 0.1) is 0 Å². The number of aromatic amines is 1. The third-order valence-electron chi connectivity index (χ3n) is 4.18. The molecule has 0 unspecified atom stereocenters. The van der Waals surface area contributed by atoms with Gasteiger partial charge in [0, 0.05) is 22.8 Å². The Hall–Kier alpha value is -3.60. The van der Waals surface area contributed by atoms with Gasteiger partial charge in [-0.25, -0.2) is 4.79 Å². The fraction of sp³-hybridized carbons (Fsp3) is 0.0476. The first-order valence-electron chi connectivity index (χ1n) is 8.22. The van der Waals surface area contributed by atoms with Crippen molar-refractivity contribution in [2.24, 2.45) is 0 Å². The number of H-pyrrole nitrogens is 1. The highest BCUT2D eigenvalue weighted by Gasteiger charge is 2.14. The van der Waals surface area contributed by atoms with E-state index < -0.39 is 5.97 Å². The smallest absolute Gasteiger partial charge is 0.340 e. The molecule has 0 atom stereocenters. The summed E-state index contributed by atoms with van der Waals surface area (Å²) in [6, 6.07) is 21.0. The van der Waals surface area contributed by atoms with E-state index in [4.69, 9.17) is 4.74 Å². The molecule has 4 aromatic rings. The van der Waals surface area contributed by atoms with Crippen molar-refractivity contribution < 1.29 is 14.3 Å². The van der Waals surface area contributed by atoms with Crippen molar-refractivity contribution in [1.82, 2.24) is 4.98 Å². The summed E-state index contributed by atoms with van der Waals surface area (Å²) in [5.74, 6) is -0.912. The van der Waals surface area contributed by atoms with E-state index in [1.54, 1.807) is 6.20 Å². The average Bonchev–Trinajstić information content (AvgIpc) is 3.10. The van der Waals surface area contributed by atoms with Gasteiger partial charge < -0.3 is 15.0 Å². The van der Waals surface area contributed by atoms with Gasteiger partial charge in [0.1, 0.15) is 0 Å². The van der Waals surface area contributed by atoms with Gasteiger partial charge in [0.2, 0.25) is 0 Å². The van der Waals surface area contributed by atoms with Crippen LogP contribution in [0.1, 0.15) is 10.4 Å². The molecule has 0 bridgehead atoms. The molecule has 3 aromatic carbocycles. The Morgan fingerprint density at radius 2 is 1.69 bits per heavy atom. The molecule has 2 N–H and O–H groups in total. The number of hydrogen-bond donors (Lipinski definition) is 2. The zero-order valence-corrected chi connectivity index (χ0v) is 13.9. The predicted molar refractivity (Wildman–Crippen MR) is 101 cm³/mol. The van der Waals surface area contributed by atoms with Gasteiger partial charge >= 0.3 is 5.97 Å². The highest BCUT2D eigenvalue weighted by molar-refractivity contribution is 6.05. The molecular weight excluding hydrogens is 328 g/mol. The van der Waals surface area contributed by atoms with Crippen LogP contribution in [0.3, 0.4) is 0 Å². The highest BCUT2D eigenvalue weighted by Crippen LogP contribution is 2.20. The van der Waals surface area contributed by atoms with Gasteiger partial charge in [-0.15, -0.1) is 0 Å². The van der Waals surface area contributed by atoms with Crippen LogP contribution in [0.15, 0.2) is 72.9 Å². The van der Waals surface area contributed by atoms with Gasteiger partial charge in [-0.2, -0.15) is 0 Å². The number of anilines is 1. The Kier molecular flexibility index (Phi) is 4.11. The molecule has 0 saturated heterocycles. The third-order valence-corrected chi connectivity index (χ3v) is 4.18. The Morgan fingerprint density at radius 1 is 0.923 bits per heavy atom. The van der Waals surface area contributed by atoms with E-state index in [9.17, 15) is 9.59 Å². The molecule has 0 fully saturated rings. The molecule has 5 heteroatoms. The monoisotopic (exact) mass is 344 g/mol. The number of esters is 1. The van der Waals surface area contributed by atoms with Crippen LogP contribution in [-0.4, -0.2) is 23.5 Å². The van der Waals surface area contributed by atoms with Crippen LogP contribution in [0.4, 0.5) is 5.69 Å². The van der Waals surface area contributed by atoms with E-state index in [0.29, 0.717) is 11.3 Å². The molecule has 0 spiro atoms. The normalized spacial score (nSPS) is 10.8. The molecule has 0 saturated carbocycles. The molecule has 128 valence electrons. The summed E-state index contributed by atoms with van der Waals surface area (Å²) in [7, 11) is 0. The molecular formula is C21H16N2O3. The second kappa shape index (κ2) is 6.72. The van der Waals surface area contributed by atoms with Crippen LogP contribution in [-0.2, 0) is 9.53 Å². The lowest BCUT2D eigenvalue weighted by atomic mass is 10.1. The van der Waals surface area contributed by atoms with Gasteiger partial charge in [0.15, 0.2) is 6.61 Å². The summed E-state index contributed by atoms with van der Waals surface area (Å²) < 4.78 is 5.15. The fourth-order valence-electron chi connectivity index (χ4n) is 2.91. The first-order valence-corrected chi connectivity index (χ1v) is 8.22. The minimum Gasteiger partial charge on any atom is -0.452 e. The first kappa shape index (κ1) is 15.9. The number of amides is 1. The molecule has 1 aromatic heterocycles. The summed E-state index contributed by atoms with van der Waals surface area (Å²) >= 11 is 0. The average molecular weight is 344 g/mol. The maximum Gasteiger partial charge on any atom is 0.340 e. The quantitative estimate of drug-likeness (QED) is 0.547. The molecule has 1 heterocycles. The van der Waals surface area contributed by atoms with Crippen LogP contribution in [0.2, 0.25) is 0 Å². The van der Waals surface area contributed by atoms with Crippen LogP contribution in [0.5, 0.6) is 0 Å². The van der Waals surface area contributed by atoms with Gasteiger partial charge in [-0.1, -0.05) is 48.5 Å². The van der Waals surface area contributed by atoms with Crippen molar-refractivity contribution in [1.29, 1.82) is 0 Å². The summed E-state index contributed by atoms with van der Waals surface area (Å²) in [5.41, 5.74) is 1.93. The molecule has 0 radical (unpaired) electrons. The molecule has 4 rings (SSSR count). The second-order valence-corrected chi connectivity index (χ2v) is 5.93. The van der Waals surface area contributed by atoms with Crippen LogP contribution in [0.25, 0.3) is 21.7 Å². The maximum absolute atomic E-state index is 12.2. The number of carbonyl (C=O) groups is 2. The Labute approximate surface area is 149 Å². The van der Waals surface area contributed by atoms with Gasteiger partial charge in [0.05, 0.1) is 5.56 Å². The van der Waals surface area contributed by atoms with Crippen LogP contribution >= 0.6 is 0 Å². The summed E-state index contributed by atoms with van der Waals surface area (Å²) in [6.07, 6.45) is 1.59. The fourth-order valence-corrected chi connectivity index (χ4v) is 2.91.